The minimum atomic E-state index is -3.56. The molecule has 14 nitrogen and oxygen atoms in total. The van der Waals surface area contributed by atoms with Gasteiger partial charge in [0.15, 0.2) is 12.2 Å². The number of amides is 1. The molecule has 0 aliphatic carbocycles. The van der Waals surface area contributed by atoms with Crippen molar-refractivity contribution >= 4 is 48.1 Å². The maximum absolute atomic E-state index is 13.3. The number of nitrogens with one attached hydrogen (secondary N) is 1. The van der Waals surface area contributed by atoms with Crippen LogP contribution in [0.1, 0.15) is 60.3 Å². The average Bonchev–Trinajstić information content (AvgIpc) is 2.99. The van der Waals surface area contributed by atoms with Crippen molar-refractivity contribution in [2.24, 2.45) is 0 Å². The van der Waals surface area contributed by atoms with Gasteiger partial charge in [-0.1, -0.05) is 0 Å². The summed E-state index contributed by atoms with van der Waals surface area (Å²) in [7, 11) is -3.56. The fourth-order valence-corrected chi connectivity index (χ4v) is 6.65. The summed E-state index contributed by atoms with van der Waals surface area (Å²) >= 11 is 0. The van der Waals surface area contributed by atoms with Gasteiger partial charge in [-0.25, -0.2) is 4.98 Å². The lowest BCUT2D eigenvalue weighted by Gasteiger charge is -2.44. The third-order valence-electron chi connectivity index (χ3n) is 6.74. The zero-order valence-electron chi connectivity index (χ0n) is 27.1. The number of unbranched alkanes of at least 4 members (excludes halogenated alkanes) is 1. The smallest absolute Gasteiger partial charge is 0.330 e. The molecular weight excluding hydrogens is 635 g/mol. The Balaban J connectivity index is 1.93. The number of hydrogen-bond acceptors (Lipinski definition) is 13. The van der Waals surface area contributed by atoms with E-state index in [9.17, 15) is 23.7 Å². The Morgan fingerprint density at radius 1 is 0.936 bits per heavy atom. The molecule has 1 aliphatic heterocycles. The van der Waals surface area contributed by atoms with Gasteiger partial charge in [-0.05, 0) is 57.0 Å². The van der Waals surface area contributed by atoms with Crippen molar-refractivity contribution in [2.45, 2.75) is 91.0 Å². The minimum Gasteiger partial charge on any atom is -0.461 e. The Labute approximate surface area is 273 Å². The third-order valence-corrected chi connectivity index (χ3v) is 8.85. The molecule has 1 amide bonds. The molecule has 2 heterocycles. The van der Waals surface area contributed by atoms with E-state index < -0.39 is 56.2 Å². The number of esters is 3. The molecule has 0 bridgehead atoms. The van der Waals surface area contributed by atoms with E-state index in [2.05, 4.69) is 16.2 Å². The maximum Gasteiger partial charge on any atom is 0.330 e. The van der Waals surface area contributed by atoms with Crippen molar-refractivity contribution in [1.82, 2.24) is 4.98 Å². The highest BCUT2D eigenvalue weighted by molar-refractivity contribution is 7.53. The Kier molecular flexibility index (Phi) is 14.2. The Bertz CT molecular complexity index is 1500. The van der Waals surface area contributed by atoms with Gasteiger partial charge in [-0.2, -0.15) is 0 Å². The summed E-state index contributed by atoms with van der Waals surface area (Å²) in [5.74, 6) is 0.727. The monoisotopic (exact) mass is 676 g/mol. The largest absolute Gasteiger partial charge is 0.461 e. The zero-order chi connectivity index (χ0) is 34.6. The van der Waals surface area contributed by atoms with Crippen LogP contribution in [0.25, 0.3) is 10.9 Å². The first-order valence-electron chi connectivity index (χ1n) is 15.2. The molecule has 1 aliphatic rings. The van der Waals surface area contributed by atoms with Crippen molar-refractivity contribution < 1.29 is 56.5 Å². The number of benzene rings is 1. The van der Waals surface area contributed by atoms with Gasteiger partial charge in [0, 0.05) is 39.0 Å². The van der Waals surface area contributed by atoms with Crippen LogP contribution in [0, 0.1) is 12.3 Å². The first-order chi connectivity index (χ1) is 22.4. The lowest BCUT2D eigenvalue weighted by atomic mass is 9.96. The van der Waals surface area contributed by atoms with E-state index in [-0.39, 0.29) is 43.9 Å². The molecule has 0 unspecified atom stereocenters. The van der Waals surface area contributed by atoms with Crippen LogP contribution in [-0.2, 0) is 51.7 Å². The van der Waals surface area contributed by atoms with Crippen LogP contribution in [0.5, 0.6) is 5.75 Å². The summed E-state index contributed by atoms with van der Waals surface area (Å²) in [6.07, 6.45) is 0.00773. The number of carbonyl (C=O) groups excluding carboxylic acids is 4. The summed E-state index contributed by atoms with van der Waals surface area (Å²) in [6.45, 7) is 7.07. The molecule has 1 aromatic carbocycles. The molecule has 1 fully saturated rings. The molecule has 1 saturated heterocycles. The molecule has 1 N–H and O–H groups in total. The van der Waals surface area contributed by atoms with E-state index in [1.54, 1.807) is 44.2 Å². The second kappa shape index (κ2) is 17.8. The molecule has 2 aromatic rings. The van der Waals surface area contributed by atoms with Crippen molar-refractivity contribution in [3.63, 3.8) is 0 Å². The number of pyridine rings is 1. The summed E-state index contributed by atoms with van der Waals surface area (Å²) in [5.41, 5.74) is 0.549. The van der Waals surface area contributed by atoms with Gasteiger partial charge in [0.1, 0.15) is 17.7 Å². The van der Waals surface area contributed by atoms with E-state index in [0.717, 1.165) is 20.8 Å². The fourth-order valence-electron chi connectivity index (χ4n) is 4.96. The first-order valence-corrected chi connectivity index (χ1v) is 17.0. The van der Waals surface area contributed by atoms with Crippen LogP contribution in [0.3, 0.4) is 0 Å². The normalized spacial score (nSPS) is 20.9. The molecule has 5 atom stereocenters. The topological polar surface area (TPSA) is 175 Å². The number of fused-ring (bicyclic) bond motifs is 1. The van der Waals surface area contributed by atoms with Gasteiger partial charge in [0.2, 0.25) is 18.3 Å². The molecule has 1 aromatic heterocycles. The standard InChI is InChI=1S/C32H41N2O12P/c1-7-10-11-12-28(38)34-27-16-13-23-19-24(14-15-25(23)33-27)45-32-31(44-22(6)37)30(43-21(5)36)29(42-20(4)35)26(46-32)17-18-47(39,40-8-2)41-9-3/h1,13-16,19,26,29-32H,8-12,17-18H2,2-6H3,(H,33,34,38)/t26-,29-,30+,31+,32+/m1/s1. The highest BCUT2D eigenvalue weighted by Crippen LogP contribution is 2.49. The molecule has 0 spiro atoms. The second-order valence-corrected chi connectivity index (χ2v) is 12.7. The third kappa shape index (κ3) is 11.3. The van der Waals surface area contributed by atoms with Gasteiger partial charge >= 0.3 is 25.5 Å². The van der Waals surface area contributed by atoms with E-state index in [4.69, 9.17) is 39.2 Å². The summed E-state index contributed by atoms with van der Waals surface area (Å²) in [5, 5.41) is 3.39. The molecule has 256 valence electrons. The van der Waals surface area contributed by atoms with Crippen molar-refractivity contribution in [3.8, 4) is 18.1 Å². The number of terminal acetylenes is 1. The zero-order valence-corrected chi connectivity index (χ0v) is 28.0. The summed E-state index contributed by atoms with van der Waals surface area (Å²) < 4.78 is 53.1. The number of ether oxygens (including phenoxy) is 5. The van der Waals surface area contributed by atoms with Crippen molar-refractivity contribution in [3.05, 3.63) is 30.3 Å². The quantitative estimate of drug-likeness (QED) is 0.0864. The van der Waals surface area contributed by atoms with E-state index in [0.29, 0.717) is 29.6 Å². The number of rotatable bonds is 16. The van der Waals surface area contributed by atoms with Gasteiger partial charge in [0.25, 0.3) is 0 Å². The molecule has 0 radical (unpaired) electrons. The Hall–Kier alpha value is -4.02. The molecule has 15 heteroatoms. The number of aromatic nitrogens is 1. The molecule has 47 heavy (non-hydrogen) atoms. The molecule has 3 rings (SSSR count). The van der Waals surface area contributed by atoms with Gasteiger partial charge < -0.3 is 38.0 Å². The van der Waals surface area contributed by atoms with Gasteiger partial charge in [0.05, 0.1) is 24.9 Å². The van der Waals surface area contributed by atoms with E-state index in [1.807, 2.05) is 0 Å². The van der Waals surface area contributed by atoms with Crippen LogP contribution < -0.4 is 10.1 Å². The van der Waals surface area contributed by atoms with Crippen LogP contribution in [-0.4, -0.2) is 78.9 Å². The Morgan fingerprint density at radius 3 is 2.19 bits per heavy atom. The predicted octanol–water partition coefficient (Wildman–Crippen LogP) is 4.53. The van der Waals surface area contributed by atoms with Gasteiger partial charge in [-0.3, -0.25) is 23.7 Å². The van der Waals surface area contributed by atoms with Crippen molar-refractivity contribution in [1.29, 1.82) is 0 Å². The van der Waals surface area contributed by atoms with Crippen LogP contribution in [0.15, 0.2) is 30.3 Å². The van der Waals surface area contributed by atoms with Crippen LogP contribution in [0.2, 0.25) is 0 Å². The van der Waals surface area contributed by atoms with Crippen LogP contribution in [0.4, 0.5) is 5.82 Å². The minimum absolute atomic E-state index is 0.0293. The predicted molar refractivity (Wildman–Crippen MR) is 169 cm³/mol. The molecular formula is C32H41N2O12P. The lowest BCUT2D eigenvalue weighted by molar-refractivity contribution is -0.283. The highest BCUT2D eigenvalue weighted by Gasteiger charge is 2.53. The van der Waals surface area contributed by atoms with Crippen LogP contribution >= 0.6 is 7.60 Å². The first kappa shape index (κ1) is 37.4. The number of hydrogen-bond donors (Lipinski definition) is 1. The Morgan fingerprint density at radius 2 is 1.57 bits per heavy atom. The highest BCUT2D eigenvalue weighted by atomic mass is 31.2. The average molecular weight is 677 g/mol. The van der Waals surface area contributed by atoms with Gasteiger partial charge in [-0.15, -0.1) is 12.3 Å². The fraction of sp³-hybridized carbons (Fsp3) is 0.531. The number of anilines is 1. The number of carbonyl (C=O) groups is 4. The van der Waals surface area contributed by atoms with E-state index >= 15 is 0 Å². The maximum atomic E-state index is 13.3. The number of nitrogens with zero attached hydrogens (tertiary/aromatic N) is 1. The second-order valence-electron chi connectivity index (χ2n) is 10.5. The summed E-state index contributed by atoms with van der Waals surface area (Å²) in [4.78, 5) is 53.3. The summed E-state index contributed by atoms with van der Waals surface area (Å²) in [6, 6.07) is 8.27. The van der Waals surface area contributed by atoms with E-state index in [1.165, 1.54) is 0 Å². The lowest BCUT2D eigenvalue weighted by Crippen LogP contribution is -2.62. The van der Waals surface area contributed by atoms with Crippen molar-refractivity contribution in [2.75, 3.05) is 24.7 Å². The SMILES string of the molecule is C#CCCCC(=O)Nc1ccc2cc(O[C@H]3O[C@H](CCP(=O)(OCC)OCC)[C@@H](OC(C)=O)[C@H](OC(C)=O)[C@@H]3OC(C)=O)ccc2n1. The molecule has 0 saturated carbocycles.